The van der Waals surface area contributed by atoms with Gasteiger partial charge in [-0.1, -0.05) is 31.2 Å². The summed E-state index contributed by atoms with van der Waals surface area (Å²) in [4.78, 5) is 27.8. The second-order valence-corrected chi connectivity index (χ2v) is 8.61. The van der Waals surface area contributed by atoms with Gasteiger partial charge in [-0.15, -0.1) is 11.3 Å². The van der Waals surface area contributed by atoms with Crippen LogP contribution in [0.25, 0.3) is 0 Å². The van der Waals surface area contributed by atoms with Crippen LogP contribution in [0, 0.1) is 13.8 Å². The Bertz CT molecular complexity index is 1190. The monoisotopic (exact) mass is 443 g/mol. The quantitative estimate of drug-likeness (QED) is 0.391. The largest absolute Gasteiger partial charge is 0.342 e. The van der Waals surface area contributed by atoms with E-state index in [0.717, 1.165) is 34.1 Å². The van der Waals surface area contributed by atoms with E-state index in [1.165, 1.54) is 4.88 Å². The molecule has 0 bridgehead atoms. The van der Waals surface area contributed by atoms with Crippen molar-refractivity contribution >= 4 is 28.2 Å². The second kappa shape index (κ2) is 9.70. The van der Waals surface area contributed by atoms with Gasteiger partial charge in [0.1, 0.15) is 5.00 Å². The molecule has 0 spiro atoms. The van der Waals surface area contributed by atoms with Crippen LogP contribution in [0.2, 0.25) is 0 Å². The summed E-state index contributed by atoms with van der Waals surface area (Å²) in [5.41, 5.74) is 4.15. The molecule has 0 radical (unpaired) electrons. The maximum Gasteiger partial charge on any atom is 0.256 e. The van der Waals surface area contributed by atoms with Gasteiger partial charge < -0.3 is 10.6 Å². The van der Waals surface area contributed by atoms with Gasteiger partial charge in [0.25, 0.3) is 5.91 Å². The molecule has 32 heavy (non-hydrogen) atoms. The first kappa shape index (κ1) is 21.6. The van der Waals surface area contributed by atoms with E-state index < -0.39 is 0 Å². The van der Waals surface area contributed by atoms with Gasteiger partial charge in [0.2, 0.25) is 5.95 Å². The molecule has 0 aliphatic carbocycles. The fourth-order valence-electron chi connectivity index (χ4n) is 3.49. The van der Waals surface area contributed by atoms with E-state index in [0.29, 0.717) is 11.5 Å². The van der Waals surface area contributed by atoms with Gasteiger partial charge in [-0.2, -0.15) is 0 Å². The number of benzene rings is 1. The zero-order valence-electron chi connectivity index (χ0n) is 18.3. The van der Waals surface area contributed by atoms with E-state index in [1.54, 1.807) is 29.7 Å². The summed E-state index contributed by atoms with van der Waals surface area (Å²) in [6.45, 7) is 6.00. The number of aryl methyl sites for hydroxylation is 3. The Morgan fingerprint density at radius 3 is 2.38 bits per heavy atom. The topological polar surface area (TPSA) is 79.8 Å². The number of rotatable bonds is 7. The van der Waals surface area contributed by atoms with Crippen LogP contribution >= 0.6 is 11.3 Å². The zero-order valence-corrected chi connectivity index (χ0v) is 19.1. The number of amides is 1. The number of thiophene rings is 1. The Morgan fingerprint density at radius 2 is 1.72 bits per heavy atom. The predicted octanol–water partition coefficient (Wildman–Crippen LogP) is 5.57. The van der Waals surface area contributed by atoms with E-state index >= 15 is 0 Å². The normalized spacial score (nSPS) is 11.7. The minimum atomic E-state index is -0.319. The molecule has 4 aromatic rings. The molecule has 7 heteroatoms. The first-order valence-electron chi connectivity index (χ1n) is 10.5. The maximum atomic E-state index is 12.9. The van der Waals surface area contributed by atoms with Crippen molar-refractivity contribution in [1.29, 1.82) is 0 Å². The lowest BCUT2D eigenvalue weighted by atomic mass is 10.0. The van der Waals surface area contributed by atoms with Gasteiger partial charge in [0.15, 0.2) is 0 Å². The highest BCUT2D eigenvalue weighted by molar-refractivity contribution is 7.16. The Kier molecular flexibility index (Phi) is 6.56. The third-order valence-electron chi connectivity index (χ3n) is 4.97. The summed E-state index contributed by atoms with van der Waals surface area (Å²) in [6.07, 6.45) is 2.63. The molecule has 2 N–H and O–H groups in total. The van der Waals surface area contributed by atoms with Gasteiger partial charge in [0, 0.05) is 33.6 Å². The SMILES string of the molecule is CCc1cc([C@@H](Nc2nc(C)cc(C)n2)c2ccccn2)c(NC(=O)c2ccccc2)s1. The van der Waals surface area contributed by atoms with E-state index in [1.807, 2.05) is 56.3 Å². The highest BCUT2D eigenvalue weighted by atomic mass is 32.1. The Balaban J connectivity index is 1.75. The zero-order chi connectivity index (χ0) is 22.5. The first-order chi connectivity index (χ1) is 15.5. The van der Waals surface area contributed by atoms with Crippen LogP contribution in [0.4, 0.5) is 10.9 Å². The fraction of sp³-hybridized carbons (Fsp3) is 0.200. The number of carbonyl (C=O) groups is 1. The average Bonchev–Trinajstić information content (AvgIpc) is 3.20. The number of nitrogens with one attached hydrogen (secondary N) is 2. The Hall–Kier alpha value is -3.58. The maximum absolute atomic E-state index is 12.9. The number of nitrogens with zero attached hydrogens (tertiary/aromatic N) is 3. The van der Waals surface area contributed by atoms with E-state index in [-0.39, 0.29) is 11.9 Å². The summed E-state index contributed by atoms with van der Waals surface area (Å²) < 4.78 is 0. The molecule has 4 rings (SSSR count). The molecule has 3 heterocycles. The van der Waals surface area contributed by atoms with Crippen molar-refractivity contribution in [1.82, 2.24) is 15.0 Å². The molecule has 1 atom stereocenters. The number of hydrogen-bond donors (Lipinski definition) is 2. The van der Waals surface area contributed by atoms with Gasteiger partial charge >= 0.3 is 0 Å². The Morgan fingerprint density at radius 1 is 1.00 bits per heavy atom. The molecular weight excluding hydrogens is 418 g/mol. The van der Waals surface area contributed by atoms with Gasteiger partial charge in [-0.05, 0) is 56.7 Å². The third-order valence-corrected chi connectivity index (χ3v) is 6.18. The molecule has 162 valence electrons. The summed E-state index contributed by atoms with van der Waals surface area (Å²) >= 11 is 1.58. The molecule has 3 aromatic heterocycles. The van der Waals surface area contributed by atoms with Crippen molar-refractivity contribution in [3.05, 3.63) is 99.9 Å². The van der Waals surface area contributed by atoms with Crippen LogP contribution < -0.4 is 10.6 Å². The second-order valence-electron chi connectivity index (χ2n) is 7.48. The minimum absolute atomic E-state index is 0.140. The molecule has 1 aromatic carbocycles. The standard InChI is InChI=1S/C25H25N5OS/c1-4-19-15-20(24(32-19)30-23(31)18-10-6-5-7-11-18)22(21-12-8-9-13-26-21)29-25-27-16(2)14-17(3)28-25/h5-15,22H,4H2,1-3H3,(H,30,31)(H,27,28,29)/t22-/m1/s1. The lowest BCUT2D eigenvalue weighted by Gasteiger charge is -2.20. The smallest absolute Gasteiger partial charge is 0.256 e. The molecule has 0 aliphatic rings. The van der Waals surface area contributed by atoms with Crippen LogP contribution in [0.1, 0.15) is 50.8 Å². The van der Waals surface area contributed by atoms with Crippen LogP contribution in [0.15, 0.2) is 66.9 Å². The van der Waals surface area contributed by atoms with Crippen molar-refractivity contribution in [2.75, 3.05) is 10.6 Å². The Labute approximate surface area is 191 Å². The van der Waals surface area contributed by atoms with Crippen molar-refractivity contribution in [3.63, 3.8) is 0 Å². The summed E-state index contributed by atoms with van der Waals surface area (Å²) in [6, 6.07) is 18.8. The third kappa shape index (κ3) is 5.00. The molecular formula is C25H25N5OS. The van der Waals surface area contributed by atoms with E-state index in [9.17, 15) is 4.79 Å². The van der Waals surface area contributed by atoms with Crippen molar-refractivity contribution < 1.29 is 4.79 Å². The highest BCUT2D eigenvalue weighted by Crippen LogP contribution is 2.37. The lowest BCUT2D eigenvalue weighted by Crippen LogP contribution is -2.18. The van der Waals surface area contributed by atoms with Gasteiger partial charge in [-0.3, -0.25) is 9.78 Å². The molecule has 0 saturated heterocycles. The fourth-order valence-corrected chi connectivity index (χ4v) is 4.52. The van der Waals surface area contributed by atoms with Crippen molar-refractivity contribution in [3.8, 4) is 0 Å². The first-order valence-corrected chi connectivity index (χ1v) is 11.3. The van der Waals surface area contributed by atoms with Gasteiger partial charge in [-0.25, -0.2) is 9.97 Å². The summed E-state index contributed by atoms with van der Waals surface area (Å²) in [5, 5.41) is 7.36. The summed E-state index contributed by atoms with van der Waals surface area (Å²) in [5.74, 6) is 0.390. The predicted molar refractivity (Wildman–Crippen MR) is 129 cm³/mol. The molecule has 0 fully saturated rings. The number of pyridine rings is 1. The van der Waals surface area contributed by atoms with Gasteiger partial charge in [0.05, 0.1) is 11.7 Å². The number of anilines is 2. The number of aromatic nitrogens is 3. The lowest BCUT2D eigenvalue weighted by molar-refractivity contribution is 0.102. The molecule has 1 amide bonds. The molecule has 6 nitrogen and oxygen atoms in total. The molecule has 0 aliphatic heterocycles. The minimum Gasteiger partial charge on any atom is -0.342 e. The molecule has 0 unspecified atom stereocenters. The van der Waals surface area contributed by atoms with Crippen LogP contribution in [0.5, 0.6) is 0 Å². The van der Waals surface area contributed by atoms with E-state index in [4.69, 9.17) is 0 Å². The van der Waals surface area contributed by atoms with Crippen LogP contribution in [-0.2, 0) is 6.42 Å². The number of hydrogen-bond acceptors (Lipinski definition) is 6. The average molecular weight is 444 g/mol. The van der Waals surface area contributed by atoms with Crippen LogP contribution in [-0.4, -0.2) is 20.9 Å². The highest BCUT2D eigenvalue weighted by Gasteiger charge is 2.24. The number of carbonyl (C=O) groups excluding carboxylic acids is 1. The van der Waals surface area contributed by atoms with Crippen molar-refractivity contribution in [2.24, 2.45) is 0 Å². The molecule has 0 saturated carbocycles. The van der Waals surface area contributed by atoms with E-state index in [2.05, 4.69) is 38.6 Å². The van der Waals surface area contributed by atoms with Crippen LogP contribution in [0.3, 0.4) is 0 Å². The van der Waals surface area contributed by atoms with Crippen molar-refractivity contribution in [2.45, 2.75) is 33.2 Å². The summed E-state index contributed by atoms with van der Waals surface area (Å²) in [7, 11) is 0.